The topological polar surface area (TPSA) is 84.3 Å². The number of nitrogens with zero attached hydrogens (tertiary/aromatic N) is 1. The monoisotopic (exact) mass is 311 g/mol. The highest BCUT2D eigenvalue weighted by molar-refractivity contribution is 7.90. The molecule has 1 heterocycles. The van der Waals surface area contributed by atoms with E-state index >= 15 is 0 Å². The molecule has 2 aromatic rings. The molecule has 0 aliphatic carbocycles. The smallest absolute Gasteiger partial charge is 0.355 e. The number of thiazole rings is 1. The predicted molar refractivity (Wildman–Crippen MR) is 77.7 cm³/mol. The third-order valence-electron chi connectivity index (χ3n) is 2.75. The van der Waals surface area contributed by atoms with Crippen molar-refractivity contribution in [2.45, 2.75) is 12.7 Å². The van der Waals surface area contributed by atoms with E-state index in [4.69, 9.17) is 5.11 Å². The zero-order valence-electron chi connectivity index (χ0n) is 10.7. The summed E-state index contributed by atoms with van der Waals surface area (Å²) >= 11 is 1.24. The van der Waals surface area contributed by atoms with Gasteiger partial charge < -0.3 is 5.11 Å². The highest BCUT2D eigenvalue weighted by atomic mass is 32.2. The van der Waals surface area contributed by atoms with E-state index in [1.807, 2.05) is 0 Å². The molecule has 0 spiro atoms. The number of carbonyl (C=O) groups is 1. The van der Waals surface area contributed by atoms with Crippen LogP contribution in [-0.4, -0.2) is 30.2 Å². The molecule has 5 nitrogen and oxygen atoms in total. The van der Waals surface area contributed by atoms with Crippen LogP contribution in [0.2, 0.25) is 0 Å². The van der Waals surface area contributed by atoms with Crippen LogP contribution in [0.4, 0.5) is 0 Å². The van der Waals surface area contributed by atoms with Gasteiger partial charge >= 0.3 is 5.97 Å². The number of hydrogen-bond acceptors (Lipinski definition) is 5. The van der Waals surface area contributed by atoms with Crippen LogP contribution in [-0.2, 0) is 15.6 Å². The summed E-state index contributed by atoms with van der Waals surface area (Å²) in [5.74, 6) is -0.927. The summed E-state index contributed by atoms with van der Waals surface area (Å²) in [7, 11) is -3.05. The number of carboxylic acids is 1. The van der Waals surface area contributed by atoms with E-state index in [9.17, 15) is 13.2 Å². The third kappa shape index (κ3) is 3.43. The van der Waals surface area contributed by atoms with Gasteiger partial charge in [0.1, 0.15) is 5.01 Å². The normalized spacial score (nSPS) is 11.4. The van der Waals surface area contributed by atoms with E-state index in [1.54, 1.807) is 31.2 Å². The van der Waals surface area contributed by atoms with Gasteiger partial charge in [0.15, 0.2) is 15.5 Å². The molecule has 0 saturated heterocycles. The predicted octanol–water partition coefficient (Wildman–Crippen LogP) is 2.44. The second kappa shape index (κ2) is 5.72. The number of aromatic carboxylic acids is 1. The number of sulfone groups is 1. The van der Waals surface area contributed by atoms with Crippen LogP contribution < -0.4 is 0 Å². The second-order valence-corrected chi connectivity index (χ2v) is 7.43. The van der Waals surface area contributed by atoms with Gasteiger partial charge in [-0.3, -0.25) is 0 Å². The lowest BCUT2D eigenvalue weighted by Crippen LogP contribution is -2.06. The number of carboxylic acid groups (broad SMARTS) is 1. The summed E-state index contributed by atoms with van der Waals surface area (Å²) in [5, 5.41) is 10.9. The first-order valence-electron chi connectivity index (χ1n) is 5.90. The average Bonchev–Trinajstić information content (AvgIpc) is 2.89. The third-order valence-corrected chi connectivity index (χ3v) is 5.29. The Morgan fingerprint density at radius 2 is 1.95 bits per heavy atom. The lowest BCUT2D eigenvalue weighted by Gasteiger charge is -2.02. The van der Waals surface area contributed by atoms with Crippen molar-refractivity contribution in [2.75, 3.05) is 5.75 Å². The molecule has 0 amide bonds. The summed E-state index contributed by atoms with van der Waals surface area (Å²) < 4.78 is 23.1. The van der Waals surface area contributed by atoms with Crippen molar-refractivity contribution < 1.29 is 18.3 Å². The molecule has 0 atom stereocenters. The fraction of sp³-hybridized carbons (Fsp3) is 0.231. The van der Waals surface area contributed by atoms with E-state index in [0.717, 1.165) is 5.56 Å². The molecule has 0 fully saturated rings. The van der Waals surface area contributed by atoms with E-state index in [-0.39, 0.29) is 17.2 Å². The highest BCUT2D eigenvalue weighted by Gasteiger charge is 2.11. The van der Waals surface area contributed by atoms with E-state index in [0.29, 0.717) is 10.6 Å². The van der Waals surface area contributed by atoms with Crippen molar-refractivity contribution in [1.82, 2.24) is 4.98 Å². The van der Waals surface area contributed by atoms with E-state index in [1.165, 1.54) is 16.7 Å². The quantitative estimate of drug-likeness (QED) is 0.916. The van der Waals surface area contributed by atoms with Gasteiger partial charge in [0.25, 0.3) is 0 Å². The molecule has 0 bridgehead atoms. The van der Waals surface area contributed by atoms with Crippen molar-refractivity contribution in [2.24, 2.45) is 0 Å². The molecule has 2 rings (SSSR count). The minimum Gasteiger partial charge on any atom is -0.476 e. The van der Waals surface area contributed by atoms with Crippen LogP contribution in [0.3, 0.4) is 0 Å². The van der Waals surface area contributed by atoms with Crippen molar-refractivity contribution >= 4 is 27.1 Å². The number of benzene rings is 1. The Morgan fingerprint density at radius 3 is 2.45 bits per heavy atom. The van der Waals surface area contributed by atoms with Crippen molar-refractivity contribution in [1.29, 1.82) is 0 Å². The van der Waals surface area contributed by atoms with Gasteiger partial charge in [-0.15, -0.1) is 11.3 Å². The summed E-state index contributed by atoms with van der Waals surface area (Å²) in [6, 6.07) is 6.96. The fourth-order valence-electron chi connectivity index (χ4n) is 1.60. The van der Waals surface area contributed by atoms with Gasteiger partial charge in [-0.1, -0.05) is 31.2 Å². The number of aromatic nitrogens is 1. The Bertz CT molecular complexity index is 717. The lowest BCUT2D eigenvalue weighted by molar-refractivity contribution is 0.0691. The van der Waals surface area contributed by atoms with Crippen LogP contribution >= 0.6 is 11.3 Å². The summed E-state index contributed by atoms with van der Waals surface area (Å²) in [6.07, 6.45) is 0. The van der Waals surface area contributed by atoms with Crippen molar-refractivity contribution in [3.05, 3.63) is 40.9 Å². The molecule has 0 unspecified atom stereocenters. The van der Waals surface area contributed by atoms with Crippen LogP contribution in [0.1, 0.15) is 23.0 Å². The molecular formula is C13H13NO4S2. The molecule has 1 aromatic carbocycles. The first-order chi connectivity index (χ1) is 9.41. The first-order valence-corrected chi connectivity index (χ1v) is 8.60. The standard InChI is InChI=1S/C13H13NO4S2/c1-2-20(17,18)8-9-3-5-10(6-4-9)12-14-11(7-19-12)13(15)16/h3-7H,2,8H2,1H3,(H,15,16). The zero-order chi connectivity index (χ0) is 14.8. The molecule has 0 aliphatic heterocycles. The van der Waals surface area contributed by atoms with Crippen LogP contribution in [0, 0.1) is 0 Å². The number of rotatable bonds is 5. The van der Waals surface area contributed by atoms with Gasteiger partial charge in [0, 0.05) is 16.7 Å². The van der Waals surface area contributed by atoms with Gasteiger partial charge in [-0.2, -0.15) is 0 Å². The van der Waals surface area contributed by atoms with Crippen molar-refractivity contribution in [3.63, 3.8) is 0 Å². The lowest BCUT2D eigenvalue weighted by atomic mass is 10.2. The largest absolute Gasteiger partial charge is 0.476 e. The Kier molecular flexibility index (Phi) is 4.20. The minimum atomic E-state index is -3.05. The first kappa shape index (κ1) is 14.7. The SMILES string of the molecule is CCS(=O)(=O)Cc1ccc(-c2nc(C(=O)O)cs2)cc1. The van der Waals surface area contributed by atoms with Gasteiger partial charge in [0.05, 0.1) is 5.75 Å². The van der Waals surface area contributed by atoms with Gasteiger partial charge in [-0.05, 0) is 5.56 Å². The molecule has 20 heavy (non-hydrogen) atoms. The number of hydrogen-bond donors (Lipinski definition) is 1. The molecule has 1 N–H and O–H groups in total. The Labute approximate surface area is 120 Å². The molecular weight excluding hydrogens is 298 g/mol. The second-order valence-electron chi connectivity index (χ2n) is 4.22. The molecule has 106 valence electrons. The maximum absolute atomic E-state index is 11.5. The summed E-state index contributed by atoms with van der Waals surface area (Å²) in [5.41, 5.74) is 1.51. The molecule has 0 radical (unpaired) electrons. The van der Waals surface area contributed by atoms with E-state index in [2.05, 4.69) is 4.98 Å². The fourth-order valence-corrected chi connectivity index (χ4v) is 3.31. The van der Waals surface area contributed by atoms with Crippen LogP contribution in [0.15, 0.2) is 29.6 Å². The molecule has 0 aliphatic rings. The Morgan fingerprint density at radius 1 is 1.30 bits per heavy atom. The minimum absolute atomic E-state index is 0.0159. The summed E-state index contributed by atoms with van der Waals surface area (Å²) in [6.45, 7) is 1.62. The highest BCUT2D eigenvalue weighted by Crippen LogP contribution is 2.24. The van der Waals surface area contributed by atoms with Gasteiger partial charge in [-0.25, -0.2) is 18.2 Å². The van der Waals surface area contributed by atoms with Crippen LogP contribution in [0.5, 0.6) is 0 Å². The van der Waals surface area contributed by atoms with Crippen molar-refractivity contribution in [3.8, 4) is 10.6 Å². The summed E-state index contributed by atoms with van der Waals surface area (Å²) in [4.78, 5) is 14.8. The maximum atomic E-state index is 11.5. The molecule has 0 saturated carbocycles. The Hall–Kier alpha value is -1.73. The molecule has 1 aromatic heterocycles. The van der Waals surface area contributed by atoms with E-state index < -0.39 is 15.8 Å². The van der Waals surface area contributed by atoms with Crippen LogP contribution in [0.25, 0.3) is 10.6 Å². The Balaban J connectivity index is 2.21. The average molecular weight is 311 g/mol. The maximum Gasteiger partial charge on any atom is 0.355 e. The zero-order valence-corrected chi connectivity index (χ0v) is 12.4. The van der Waals surface area contributed by atoms with Gasteiger partial charge in [0.2, 0.25) is 0 Å². The molecule has 7 heteroatoms.